The Morgan fingerprint density at radius 2 is 1.96 bits per heavy atom. The van der Waals surface area contributed by atoms with Gasteiger partial charge in [0, 0.05) is 29.0 Å². The van der Waals surface area contributed by atoms with Crippen LogP contribution in [0.15, 0.2) is 46.9 Å². The van der Waals surface area contributed by atoms with Crippen LogP contribution >= 0.6 is 11.8 Å². The first-order chi connectivity index (χ1) is 12.1. The van der Waals surface area contributed by atoms with Gasteiger partial charge in [0.1, 0.15) is 11.4 Å². The third-order valence-corrected chi connectivity index (χ3v) is 5.12. The molecule has 130 valence electrons. The van der Waals surface area contributed by atoms with Gasteiger partial charge in [-0.15, -0.1) is 0 Å². The number of carbonyl (C=O) groups is 1. The fourth-order valence-electron chi connectivity index (χ4n) is 2.72. The van der Waals surface area contributed by atoms with Gasteiger partial charge in [-0.25, -0.2) is 4.39 Å². The standard InChI is InChI=1S/C20H20FNO2S/c1-13-6-5-8-16-14(2)19(24-18(13)16)20(23)22-10-11-25-12-15-7-3-4-9-17(15)21/h3-9H,10-12H2,1-2H3,(H,22,23). The summed E-state index contributed by atoms with van der Waals surface area (Å²) in [6.07, 6.45) is 0. The van der Waals surface area contributed by atoms with Crippen LogP contribution in [0, 0.1) is 19.7 Å². The zero-order chi connectivity index (χ0) is 17.8. The third kappa shape index (κ3) is 3.87. The van der Waals surface area contributed by atoms with Crippen molar-refractivity contribution in [3.05, 3.63) is 70.7 Å². The Hall–Kier alpha value is -2.27. The Morgan fingerprint density at radius 3 is 2.72 bits per heavy atom. The second-order valence-electron chi connectivity index (χ2n) is 5.91. The minimum Gasteiger partial charge on any atom is -0.450 e. The van der Waals surface area contributed by atoms with Crippen LogP contribution in [0.5, 0.6) is 0 Å². The SMILES string of the molecule is Cc1c(C(=O)NCCSCc2ccccc2F)oc2c(C)cccc12. The average molecular weight is 357 g/mol. The largest absolute Gasteiger partial charge is 0.450 e. The molecule has 0 fully saturated rings. The van der Waals surface area contributed by atoms with E-state index >= 15 is 0 Å². The normalized spacial score (nSPS) is 11.0. The maximum absolute atomic E-state index is 13.5. The van der Waals surface area contributed by atoms with Gasteiger partial charge in [-0.05, 0) is 31.0 Å². The predicted molar refractivity (Wildman–Crippen MR) is 101 cm³/mol. The van der Waals surface area contributed by atoms with Gasteiger partial charge < -0.3 is 9.73 Å². The minimum atomic E-state index is -0.209. The number of hydrogen-bond donors (Lipinski definition) is 1. The number of fused-ring (bicyclic) bond motifs is 1. The van der Waals surface area contributed by atoms with Crippen molar-refractivity contribution in [3.8, 4) is 0 Å². The topological polar surface area (TPSA) is 42.2 Å². The van der Waals surface area contributed by atoms with Gasteiger partial charge >= 0.3 is 0 Å². The van der Waals surface area contributed by atoms with E-state index in [-0.39, 0.29) is 11.7 Å². The Bertz CT molecular complexity index is 904. The summed E-state index contributed by atoms with van der Waals surface area (Å²) in [7, 11) is 0. The number of carbonyl (C=O) groups excluding carboxylic acids is 1. The summed E-state index contributed by atoms with van der Waals surface area (Å²) in [5.74, 6) is 1.26. The molecule has 0 atom stereocenters. The second-order valence-corrected chi connectivity index (χ2v) is 7.01. The van der Waals surface area contributed by atoms with Crippen LogP contribution in [0.25, 0.3) is 11.0 Å². The Morgan fingerprint density at radius 1 is 1.16 bits per heavy atom. The molecule has 0 spiro atoms. The Labute approximate surface area is 150 Å². The van der Waals surface area contributed by atoms with Crippen molar-refractivity contribution in [3.63, 3.8) is 0 Å². The summed E-state index contributed by atoms with van der Waals surface area (Å²) in [6, 6.07) is 12.6. The first-order valence-corrected chi connectivity index (χ1v) is 9.31. The van der Waals surface area contributed by atoms with E-state index in [9.17, 15) is 9.18 Å². The maximum atomic E-state index is 13.5. The van der Waals surface area contributed by atoms with Crippen molar-refractivity contribution < 1.29 is 13.6 Å². The fourth-order valence-corrected chi connectivity index (χ4v) is 3.56. The first-order valence-electron chi connectivity index (χ1n) is 8.16. The number of benzene rings is 2. The highest BCUT2D eigenvalue weighted by molar-refractivity contribution is 7.98. The molecule has 3 aromatic rings. The predicted octanol–water partition coefficient (Wildman–Crippen LogP) is 4.85. The number of aryl methyl sites for hydroxylation is 2. The van der Waals surface area contributed by atoms with Gasteiger partial charge in [-0.2, -0.15) is 11.8 Å². The smallest absolute Gasteiger partial charge is 0.287 e. The second kappa shape index (κ2) is 7.74. The van der Waals surface area contributed by atoms with Crippen LogP contribution < -0.4 is 5.32 Å². The lowest BCUT2D eigenvalue weighted by atomic mass is 10.1. The number of furan rings is 1. The molecule has 1 amide bonds. The molecule has 0 aliphatic rings. The molecule has 5 heteroatoms. The van der Waals surface area contributed by atoms with Crippen molar-refractivity contribution in [2.24, 2.45) is 0 Å². The van der Waals surface area contributed by atoms with Crippen LogP contribution in [0.2, 0.25) is 0 Å². The molecule has 25 heavy (non-hydrogen) atoms. The zero-order valence-corrected chi connectivity index (χ0v) is 15.1. The van der Waals surface area contributed by atoms with Gasteiger partial charge in [-0.3, -0.25) is 4.79 Å². The van der Waals surface area contributed by atoms with E-state index in [1.54, 1.807) is 23.9 Å². The maximum Gasteiger partial charge on any atom is 0.287 e. The van der Waals surface area contributed by atoms with Gasteiger partial charge in [0.05, 0.1) is 0 Å². The molecule has 0 aliphatic heterocycles. The number of nitrogens with one attached hydrogen (secondary N) is 1. The van der Waals surface area contributed by atoms with E-state index in [0.29, 0.717) is 29.4 Å². The number of rotatable bonds is 6. The number of thioether (sulfide) groups is 1. The van der Waals surface area contributed by atoms with E-state index in [0.717, 1.165) is 22.1 Å². The highest BCUT2D eigenvalue weighted by Gasteiger charge is 2.17. The molecule has 0 bridgehead atoms. The van der Waals surface area contributed by atoms with Gasteiger partial charge in [-0.1, -0.05) is 36.4 Å². The molecular formula is C20H20FNO2S. The average Bonchev–Trinajstić information content (AvgIpc) is 2.95. The van der Waals surface area contributed by atoms with Crippen LogP contribution in [-0.2, 0) is 5.75 Å². The molecule has 0 aliphatic carbocycles. The van der Waals surface area contributed by atoms with Gasteiger partial charge in [0.15, 0.2) is 5.76 Å². The molecule has 1 aromatic heterocycles. The van der Waals surface area contributed by atoms with E-state index < -0.39 is 0 Å². The quantitative estimate of drug-likeness (QED) is 0.641. The molecule has 1 N–H and O–H groups in total. The van der Waals surface area contributed by atoms with E-state index in [1.807, 2.05) is 38.1 Å². The lowest BCUT2D eigenvalue weighted by Gasteiger charge is -2.05. The first kappa shape index (κ1) is 17.5. The number of amides is 1. The highest BCUT2D eigenvalue weighted by Crippen LogP contribution is 2.27. The van der Waals surface area contributed by atoms with Gasteiger partial charge in [0.2, 0.25) is 0 Å². The van der Waals surface area contributed by atoms with Crippen LogP contribution in [0.3, 0.4) is 0 Å². The minimum absolute atomic E-state index is 0.188. The summed E-state index contributed by atoms with van der Waals surface area (Å²) in [5, 5.41) is 3.85. The zero-order valence-electron chi connectivity index (χ0n) is 14.3. The molecule has 0 saturated carbocycles. The highest BCUT2D eigenvalue weighted by atomic mass is 32.2. The monoisotopic (exact) mass is 357 g/mol. The molecule has 1 heterocycles. The number of hydrogen-bond acceptors (Lipinski definition) is 3. The molecule has 0 unspecified atom stereocenters. The molecule has 3 nitrogen and oxygen atoms in total. The van der Waals surface area contributed by atoms with E-state index in [2.05, 4.69) is 5.32 Å². The summed E-state index contributed by atoms with van der Waals surface area (Å²) in [4.78, 5) is 12.4. The molecule has 0 radical (unpaired) electrons. The van der Waals surface area contributed by atoms with Crippen molar-refractivity contribution in [1.82, 2.24) is 5.32 Å². The van der Waals surface area contributed by atoms with Gasteiger partial charge in [0.25, 0.3) is 5.91 Å². The number of halogens is 1. The van der Waals surface area contributed by atoms with Crippen LogP contribution in [0.4, 0.5) is 4.39 Å². The molecular weight excluding hydrogens is 337 g/mol. The number of para-hydroxylation sites is 1. The Kier molecular flexibility index (Phi) is 5.43. The lowest BCUT2D eigenvalue weighted by Crippen LogP contribution is -2.25. The summed E-state index contributed by atoms with van der Waals surface area (Å²) in [5.41, 5.74) is 3.32. The van der Waals surface area contributed by atoms with Crippen molar-refractivity contribution >= 4 is 28.6 Å². The van der Waals surface area contributed by atoms with Crippen molar-refractivity contribution in [2.75, 3.05) is 12.3 Å². The van der Waals surface area contributed by atoms with Crippen LogP contribution in [-0.4, -0.2) is 18.2 Å². The molecule has 0 saturated heterocycles. The molecule has 3 rings (SSSR count). The van der Waals surface area contributed by atoms with Crippen molar-refractivity contribution in [2.45, 2.75) is 19.6 Å². The summed E-state index contributed by atoms with van der Waals surface area (Å²) < 4.78 is 19.3. The fraction of sp³-hybridized carbons (Fsp3) is 0.250. The van der Waals surface area contributed by atoms with Crippen LogP contribution in [0.1, 0.15) is 27.2 Å². The Balaban J connectivity index is 1.54. The van der Waals surface area contributed by atoms with Crippen molar-refractivity contribution in [1.29, 1.82) is 0 Å². The molecule has 2 aromatic carbocycles. The van der Waals surface area contributed by atoms with E-state index in [1.165, 1.54) is 6.07 Å². The van der Waals surface area contributed by atoms with E-state index in [4.69, 9.17) is 4.42 Å². The summed E-state index contributed by atoms with van der Waals surface area (Å²) in [6.45, 7) is 4.37. The third-order valence-electron chi connectivity index (χ3n) is 4.11. The summed E-state index contributed by atoms with van der Waals surface area (Å²) >= 11 is 1.58. The lowest BCUT2D eigenvalue weighted by molar-refractivity contribution is 0.0930.